The van der Waals surface area contributed by atoms with Crippen LogP contribution in [0.4, 0.5) is 11.5 Å². The molecule has 0 aliphatic heterocycles. The molecule has 1 atom stereocenters. The van der Waals surface area contributed by atoms with Crippen LogP contribution in [0.15, 0.2) is 12.1 Å². The van der Waals surface area contributed by atoms with Gasteiger partial charge >= 0.3 is 0 Å². The summed E-state index contributed by atoms with van der Waals surface area (Å²) in [6.07, 6.45) is -0.387. The number of hydrogen-bond acceptors (Lipinski definition) is 4. The number of pyridine rings is 1. The molecule has 1 unspecified atom stereocenters. The lowest BCUT2D eigenvalue weighted by atomic mass is 10.3. The second kappa shape index (κ2) is 4.28. The van der Waals surface area contributed by atoms with Crippen LogP contribution < -0.4 is 10.6 Å². The lowest BCUT2D eigenvalue weighted by Gasteiger charge is -2.21. The fraction of sp³-hybridized carbons (Fsp3) is 0.500. The molecule has 0 saturated carbocycles. The van der Waals surface area contributed by atoms with Gasteiger partial charge in [0.05, 0.1) is 11.8 Å². The molecule has 0 aliphatic rings. The molecule has 1 heterocycles. The number of rotatable bonds is 3. The molecule has 0 fully saturated rings. The molecule has 1 rings (SSSR count). The van der Waals surface area contributed by atoms with E-state index in [0.717, 1.165) is 11.5 Å². The summed E-state index contributed by atoms with van der Waals surface area (Å²) in [6, 6.07) is 3.70. The van der Waals surface area contributed by atoms with Crippen molar-refractivity contribution in [2.24, 2.45) is 0 Å². The van der Waals surface area contributed by atoms with E-state index in [-0.39, 0.29) is 6.10 Å². The van der Waals surface area contributed by atoms with Crippen LogP contribution >= 0.6 is 0 Å². The minimum Gasteiger partial charge on any atom is -0.396 e. The maximum atomic E-state index is 9.23. The molecular formula is C10H17N3O. The second-order valence-electron chi connectivity index (χ2n) is 3.60. The van der Waals surface area contributed by atoms with Crippen molar-refractivity contribution in [1.82, 2.24) is 4.98 Å². The number of aromatic nitrogens is 1. The third-order valence-electron chi connectivity index (χ3n) is 1.94. The van der Waals surface area contributed by atoms with Gasteiger partial charge in [0, 0.05) is 19.3 Å². The highest BCUT2D eigenvalue weighted by molar-refractivity contribution is 5.62. The van der Waals surface area contributed by atoms with Gasteiger partial charge in [-0.25, -0.2) is 4.98 Å². The zero-order chi connectivity index (χ0) is 10.7. The Morgan fingerprint density at radius 3 is 2.79 bits per heavy atom. The summed E-state index contributed by atoms with van der Waals surface area (Å²) >= 11 is 0. The molecule has 14 heavy (non-hydrogen) atoms. The molecule has 0 amide bonds. The standard InChI is InChI=1S/C10H17N3O/c1-7-4-5-9(11)10(12-7)13(3)6-8(2)14/h4-5,8,14H,6,11H2,1-3H3. The molecule has 0 aliphatic carbocycles. The number of aliphatic hydroxyl groups excluding tert-OH is 1. The largest absolute Gasteiger partial charge is 0.396 e. The van der Waals surface area contributed by atoms with Crippen molar-refractivity contribution < 1.29 is 5.11 Å². The number of nitrogen functional groups attached to an aromatic ring is 1. The molecule has 78 valence electrons. The van der Waals surface area contributed by atoms with Gasteiger partial charge in [-0.2, -0.15) is 0 Å². The number of anilines is 2. The number of nitrogens with two attached hydrogens (primary N) is 1. The Labute approximate surface area is 84.4 Å². The molecule has 0 saturated heterocycles. The molecule has 0 aromatic carbocycles. The van der Waals surface area contributed by atoms with Gasteiger partial charge in [0.1, 0.15) is 0 Å². The van der Waals surface area contributed by atoms with Crippen LogP contribution in [0.5, 0.6) is 0 Å². The zero-order valence-corrected chi connectivity index (χ0v) is 8.86. The van der Waals surface area contributed by atoms with Crippen molar-refractivity contribution in [2.75, 3.05) is 24.2 Å². The highest BCUT2D eigenvalue weighted by Crippen LogP contribution is 2.19. The van der Waals surface area contributed by atoms with E-state index in [0.29, 0.717) is 12.2 Å². The van der Waals surface area contributed by atoms with Crippen molar-refractivity contribution in [2.45, 2.75) is 20.0 Å². The Hall–Kier alpha value is -1.29. The fourth-order valence-electron chi connectivity index (χ4n) is 1.34. The van der Waals surface area contributed by atoms with Crippen LogP contribution in [0, 0.1) is 6.92 Å². The molecule has 0 spiro atoms. The predicted molar refractivity (Wildman–Crippen MR) is 58.3 cm³/mol. The van der Waals surface area contributed by atoms with Crippen LogP contribution in [0.3, 0.4) is 0 Å². The van der Waals surface area contributed by atoms with E-state index >= 15 is 0 Å². The molecule has 1 aromatic rings. The van der Waals surface area contributed by atoms with Crippen LogP contribution in [-0.2, 0) is 0 Å². The van der Waals surface area contributed by atoms with Crippen LogP contribution in [-0.4, -0.2) is 29.8 Å². The Bertz CT molecular complexity index is 312. The molecular weight excluding hydrogens is 178 g/mol. The Morgan fingerprint density at radius 1 is 1.57 bits per heavy atom. The molecule has 1 aromatic heterocycles. The number of likely N-dealkylation sites (N-methyl/N-ethyl adjacent to an activating group) is 1. The van der Waals surface area contributed by atoms with E-state index in [1.54, 1.807) is 6.92 Å². The van der Waals surface area contributed by atoms with E-state index in [1.165, 1.54) is 0 Å². The minimum absolute atomic E-state index is 0.387. The predicted octanol–water partition coefficient (Wildman–Crippen LogP) is 0.789. The highest BCUT2D eigenvalue weighted by atomic mass is 16.3. The Balaban J connectivity index is 2.88. The number of aliphatic hydroxyl groups is 1. The lowest BCUT2D eigenvalue weighted by Crippen LogP contribution is -2.28. The van der Waals surface area contributed by atoms with Crippen LogP contribution in [0.1, 0.15) is 12.6 Å². The third-order valence-corrected chi connectivity index (χ3v) is 1.94. The third kappa shape index (κ3) is 2.60. The van der Waals surface area contributed by atoms with Gasteiger partial charge < -0.3 is 15.7 Å². The average Bonchev–Trinajstić information content (AvgIpc) is 2.08. The van der Waals surface area contributed by atoms with Gasteiger partial charge in [0.15, 0.2) is 5.82 Å². The first-order valence-corrected chi connectivity index (χ1v) is 4.63. The summed E-state index contributed by atoms with van der Waals surface area (Å²) in [7, 11) is 1.87. The van der Waals surface area contributed by atoms with Gasteiger partial charge in [0.2, 0.25) is 0 Å². The van der Waals surface area contributed by atoms with E-state index in [4.69, 9.17) is 5.73 Å². The van der Waals surface area contributed by atoms with Crippen molar-refractivity contribution in [3.63, 3.8) is 0 Å². The van der Waals surface area contributed by atoms with E-state index in [9.17, 15) is 5.11 Å². The van der Waals surface area contributed by atoms with Crippen molar-refractivity contribution in [1.29, 1.82) is 0 Å². The van der Waals surface area contributed by atoms with Gasteiger partial charge in [-0.05, 0) is 26.0 Å². The summed E-state index contributed by atoms with van der Waals surface area (Å²) < 4.78 is 0. The normalized spacial score (nSPS) is 12.6. The smallest absolute Gasteiger partial charge is 0.151 e. The number of hydrogen-bond donors (Lipinski definition) is 2. The average molecular weight is 195 g/mol. The molecule has 4 heteroatoms. The van der Waals surface area contributed by atoms with E-state index < -0.39 is 0 Å². The Morgan fingerprint density at radius 2 is 2.21 bits per heavy atom. The summed E-state index contributed by atoms with van der Waals surface area (Å²) in [5, 5.41) is 9.23. The van der Waals surface area contributed by atoms with Gasteiger partial charge in [-0.15, -0.1) is 0 Å². The summed E-state index contributed by atoms with van der Waals surface area (Å²) in [5.74, 6) is 0.728. The first kappa shape index (κ1) is 10.8. The number of nitrogens with zero attached hydrogens (tertiary/aromatic N) is 2. The van der Waals surface area contributed by atoms with Gasteiger partial charge in [-0.1, -0.05) is 0 Å². The van der Waals surface area contributed by atoms with Crippen LogP contribution in [0.2, 0.25) is 0 Å². The maximum Gasteiger partial charge on any atom is 0.151 e. The first-order valence-electron chi connectivity index (χ1n) is 4.63. The topological polar surface area (TPSA) is 62.4 Å². The minimum atomic E-state index is -0.387. The van der Waals surface area contributed by atoms with Crippen molar-refractivity contribution in [3.8, 4) is 0 Å². The summed E-state index contributed by atoms with van der Waals surface area (Å²) in [5.41, 5.74) is 7.34. The lowest BCUT2D eigenvalue weighted by molar-refractivity contribution is 0.201. The van der Waals surface area contributed by atoms with Crippen LogP contribution in [0.25, 0.3) is 0 Å². The SMILES string of the molecule is Cc1ccc(N)c(N(C)CC(C)O)n1. The van der Waals surface area contributed by atoms with E-state index in [1.807, 2.05) is 31.0 Å². The molecule has 0 bridgehead atoms. The first-order chi connectivity index (χ1) is 6.50. The number of aryl methyl sites for hydroxylation is 1. The molecule has 0 radical (unpaired) electrons. The second-order valence-corrected chi connectivity index (χ2v) is 3.60. The fourth-order valence-corrected chi connectivity index (χ4v) is 1.34. The van der Waals surface area contributed by atoms with Crippen molar-refractivity contribution >= 4 is 11.5 Å². The van der Waals surface area contributed by atoms with E-state index in [2.05, 4.69) is 4.98 Å². The molecule has 4 nitrogen and oxygen atoms in total. The van der Waals surface area contributed by atoms with Gasteiger partial charge in [0.25, 0.3) is 0 Å². The maximum absolute atomic E-state index is 9.23. The zero-order valence-electron chi connectivity index (χ0n) is 8.86. The summed E-state index contributed by atoms with van der Waals surface area (Å²) in [6.45, 7) is 4.18. The highest BCUT2D eigenvalue weighted by Gasteiger charge is 2.09. The van der Waals surface area contributed by atoms with Crippen molar-refractivity contribution in [3.05, 3.63) is 17.8 Å². The monoisotopic (exact) mass is 195 g/mol. The van der Waals surface area contributed by atoms with Gasteiger partial charge in [-0.3, -0.25) is 0 Å². The summed E-state index contributed by atoms with van der Waals surface area (Å²) in [4.78, 5) is 6.17. The quantitative estimate of drug-likeness (QED) is 0.748. The molecule has 3 N–H and O–H groups in total. The Kier molecular flexibility index (Phi) is 3.30.